The fourth-order valence-corrected chi connectivity index (χ4v) is 3.70. The lowest BCUT2D eigenvalue weighted by atomic mass is 9.74. The van der Waals surface area contributed by atoms with Gasteiger partial charge in [0.05, 0.1) is 20.1 Å². The highest BCUT2D eigenvalue weighted by Crippen LogP contribution is 2.39. The quantitative estimate of drug-likeness (QED) is 0.625. The van der Waals surface area contributed by atoms with Gasteiger partial charge >= 0.3 is 0 Å². The number of amides is 1. The zero-order chi connectivity index (χ0) is 20.9. The van der Waals surface area contributed by atoms with Crippen LogP contribution in [0, 0.1) is 5.92 Å². The maximum absolute atomic E-state index is 12.6. The number of methoxy groups -OCH3 is 2. The van der Waals surface area contributed by atoms with E-state index in [4.69, 9.17) is 19.9 Å². The van der Waals surface area contributed by atoms with E-state index in [1.54, 1.807) is 38.6 Å². The Labute approximate surface area is 195 Å². The van der Waals surface area contributed by atoms with Crippen LogP contribution >= 0.6 is 24.8 Å². The maximum atomic E-state index is 12.6. The molecular weight excluding hydrogens is 441 g/mol. The van der Waals surface area contributed by atoms with Crippen molar-refractivity contribution in [2.75, 3.05) is 14.2 Å². The van der Waals surface area contributed by atoms with Crippen LogP contribution in [0.2, 0.25) is 0 Å². The minimum Gasteiger partial charge on any atom is -0.493 e. The molecule has 0 saturated heterocycles. The number of hydrogen-bond acceptors (Lipinski definition) is 6. The second-order valence-corrected chi connectivity index (χ2v) is 7.62. The summed E-state index contributed by atoms with van der Waals surface area (Å²) < 4.78 is 16.5. The summed E-state index contributed by atoms with van der Waals surface area (Å²) in [7, 11) is 3.14. The summed E-state index contributed by atoms with van der Waals surface area (Å²) in [5.41, 5.74) is 6.77. The number of pyridine rings is 1. The van der Waals surface area contributed by atoms with E-state index in [1.165, 1.54) is 0 Å². The fraction of sp³-hybridized carbons (Fsp3) is 0.455. The van der Waals surface area contributed by atoms with E-state index in [1.807, 2.05) is 19.1 Å². The van der Waals surface area contributed by atoms with Crippen LogP contribution < -0.4 is 25.3 Å². The van der Waals surface area contributed by atoms with Crippen molar-refractivity contribution in [1.29, 1.82) is 0 Å². The van der Waals surface area contributed by atoms with E-state index < -0.39 is 5.54 Å². The highest BCUT2D eigenvalue weighted by atomic mass is 35.5. The number of rotatable bonds is 7. The van der Waals surface area contributed by atoms with Crippen molar-refractivity contribution in [3.63, 3.8) is 0 Å². The lowest BCUT2D eigenvalue weighted by Crippen LogP contribution is -2.52. The summed E-state index contributed by atoms with van der Waals surface area (Å²) in [5.74, 6) is 1.84. The van der Waals surface area contributed by atoms with Gasteiger partial charge in [-0.2, -0.15) is 0 Å². The summed E-state index contributed by atoms with van der Waals surface area (Å²) >= 11 is 0. The number of hydrogen-bond donors (Lipinski definition) is 2. The normalized spacial score (nSPS) is 19.9. The molecular formula is C22H31Cl2N3O4. The third-order valence-electron chi connectivity index (χ3n) is 5.42. The van der Waals surface area contributed by atoms with Gasteiger partial charge in [-0.05, 0) is 37.5 Å². The molecule has 0 spiro atoms. The molecule has 1 aliphatic rings. The Kier molecular flexibility index (Phi) is 10.4. The Morgan fingerprint density at radius 2 is 1.84 bits per heavy atom. The van der Waals surface area contributed by atoms with Crippen LogP contribution in [0.5, 0.6) is 23.1 Å². The molecule has 1 aromatic heterocycles. The number of nitrogens with two attached hydrogens (primary N) is 1. The number of carbonyl (C=O) groups excluding carboxylic acids is 1. The first-order valence-corrected chi connectivity index (χ1v) is 9.85. The standard InChI is InChI=1S/C22H29N3O4.2ClH/c1-22(23)12-5-4-7-16(22)21(26)25-14-15-10-11-19(24-13-15)29-20-17(27-2)8-6-9-18(20)28-3;;/h6,8-11,13,16H,4-5,7,12,14,23H2,1-3H3,(H,25,26);2*1H. The maximum Gasteiger partial charge on any atom is 0.225 e. The second-order valence-electron chi connectivity index (χ2n) is 7.62. The zero-order valence-corrected chi connectivity index (χ0v) is 19.7. The molecule has 3 rings (SSSR count). The van der Waals surface area contributed by atoms with E-state index in [9.17, 15) is 4.79 Å². The van der Waals surface area contributed by atoms with Crippen LogP contribution in [-0.2, 0) is 11.3 Å². The molecule has 31 heavy (non-hydrogen) atoms. The first-order valence-electron chi connectivity index (χ1n) is 9.85. The molecule has 7 nitrogen and oxygen atoms in total. The average molecular weight is 472 g/mol. The van der Waals surface area contributed by atoms with Gasteiger partial charge < -0.3 is 25.3 Å². The van der Waals surface area contributed by atoms with Gasteiger partial charge in [0.1, 0.15) is 0 Å². The topological polar surface area (TPSA) is 95.7 Å². The summed E-state index contributed by atoms with van der Waals surface area (Å²) in [6.45, 7) is 2.37. The van der Waals surface area contributed by atoms with Crippen LogP contribution in [0.25, 0.3) is 0 Å². The fourth-order valence-electron chi connectivity index (χ4n) is 3.70. The summed E-state index contributed by atoms with van der Waals surface area (Å²) in [6, 6.07) is 9.02. The minimum atomic E-state index is -0.438. The van der Waals surface area contributed by atoms with Gasteiger partial charge in [-0.1, -0.05) is 25.0 Å². The molecule has 2 aromatic rings. The summed E-state index contributed by atoms with van der Waals surface area (Å²) in [4.78, 5) is 16.9. The molecule has 2 unspecified atom stereocenters. The molecule has 2 atom stereocenters. The van der Waals surface area contributed by atoms with Crippen LogP contribution in [0.15, 0.2) is 36.5 Å². The smallest absolute Gasteiger partial charge is 0.225 e. The lowest BCUT2D eigenvalue weighted by Gasteiger charge is -2.37. The predicted octanol–water partition coefficient (Wildman–Crippen LogP) is 4.26. The van der Waals surface area contributed by atoms with Crippen molar-refractivity contribution in [3.05, 3.63) is 42.1 Å². The molecule has 0 aliphatic heterocycles. The van der Waals surface area contributed by atoms with E-state index in [-0.39, 0.29) is 36.6 Å². The number of nitrogens with zero attached hydrogens (tertiary/aromatic N) is 1. The van der Waals surface area contributed by atoms with Crippen molar-refractivity contribution >= 4 is 30.7 Å². The SMILES string of the molecule is COc1cccc(OC)c1Oc1ccc(CNC(=O)C2CCCCC2(C)N)cn1.Cl.Cl. The van der Waals surface area contributed by atoms with Gasteiger partial charge in [-0.3, -0.25) is 4.79 Å². The van der Waals surface area contributed by atoms with Gasteiger partial charge in [0.15, 0.2) is 11.5 Å². The number of para-hydroxylation sites is 1. The lowest BCUT2D eigenvalue weighted by molar-refractivity contribution is -0.128. The van der Waals surface area contributed by atoms with Gasteiger partial charge in [0.2, 0.25) is 17.5 Å². The molecule has 1 amide bonds. The number of ether oxygens (including phenoxy) is 3. The molecule has 3 N–H and O–H groups in total. The Morgan fingerprint density at radius 1 is 1.16 bits per heavy atom. The number of aromatic nitrogens is 1. The third kappa shape index (κ3) is 6.63. The van der Waals surface area contributed by atoms with E-state index in [0.29, 0.717) is 29.7 Å². The number of halogens is 2. The van der Waals surface area contributed by atoms with Crippen LogP contribution in [-0.4, -0.2) is 30.6 Å². The van der Waals surface area contributed by atoms with Gasteiger partial charge in [0.25, 0.3) is 0 Å². The van der Waals surface area contributed by atoms with Crippen molar-refractivity contribution < 1.29 is 19.0 Å². The Hall–Kier alpha value is -2.22. The third-order valence-corrected chi connectivity index (χ3v) is 5.42. The average Bonchev–Trinajstić information content (AvgIpc) is 2.72. The molecule has 9 heteroatoms. The predicted molar refractivity (Wildman–Crippen MR) is 125 cm³/mol. The van der Waals surface area contributed by atoms with Crippen molar-refractivity contribution in [1.82, 2.24) is 10.3 Å². The zero-order valence-electron chi connectivity index (χ0n) is 18.1. The Balaban J connectivity index is 0.00000240. The molecule has 1 saturated carbocycles. The molecule has 1 aromatic carbocycles. The van der Waals surface area contributed by atoms with Gasteiger partial charge in [-0.25, -0.2) is 4.98 Å². The van der Waals surface area contributed by atoms with E-state index in [0.717, 1.165) is 31.2 Å². The second kappa shape index (κ2) is 12.0. The van der Waals surface area contributed by atoms with Gasteiger partial charge in [-0.15, -0.1) is 24.8 Å². The molecule has 1 fully saturated rings. The Morgan fingerprint density at radius 3 is 2.39 bits per heavy atom. The first kappa shape index (κ1) is 26.8. The van der Waals surface area contributed by atoms with Crippen molar-refractivity contribution in [3.8, 4) is 23.1 Å². The summed E-state index contributed by atoms with van der Waals surface area (Å²) in [5, 5.41) is 2.99. The molecule has 1 heterocycles. The Bertz CT molecular complexity index is 825. The molecule has 1 aliphatic carbocycles. The van der Waals surface area contributed by atoms with Crippen molar-refractivity contribution in [2.45, 2.75) is 44.7 Å². The highest BCUT2D eigenvalue weighted by molar-refractivity contribution is 5.85. The summed E-state index contributed by atoms with van der Waals surface area (Å²) in [6.07, 6.45) is 5.53. The van der Waals surface area contributed by atoms with Gasteiger partial charge in [0, 0.05) is 24.3 Å². The molecule has 0 bridgehead atoms. The van der Waals surface area contributed by atoms with Crippen LogP contribution in [0.4, 0.5) is 0 Å². The van der Waals surface area contributed by atoms with Crippen molar-refractivity contribution in [2.24, 2.45) is 11.7 Å². The number of benzene rings is 1. The number of carbonyl (C=O) groups is 1. The first-order chi connectivity index (χ1) is 13.9. The van der Waals surface area contributed by atoms with E-state index in [2.05, 4.69) is 10.3 Å². The highest BCUT2D eigenvalue weighted by Gasteiger charge is 2.37. The number of nitrogens with one attached hydrogen (secondary N) is 1. The van der Waals surface area contributed by atoms with Crippen LogP contribution in [0.1, 0.15) is 38.2 Å². The molecule has 172 valence electrons. The van der Waals surface area contributed by atoms with Crippen LogP contribution in [0.3, 0.4) is 0 Å². The largest absolute Gasteiger partial charge is 0.493 e. The minimum absolute atomic E-state index is 0. The molecule has 0 radical (unpaired) electrons. The monoisotopic (exact) mass is 471 g/mol. The van der Waals surface area contributed by atoms with E-state index >= 15 is 0 Å².